The maximum absolute atomic E-state index is 12.8. The normalized spacial score (nSPS) is 10.9. The first-order valence-electron chi connectivity index (χ1n) is 8.43. The average Bonchev–Trinajstić information content (AvgIpc) is 2.58. The zero-order valence-electron chi connectivity index (χ0n) is 15.0. The number of carbonyl (C=O) groups excluding carboxylic acids is 1. The quantitative estimate of drug-likeness (QED) is 0.780. The van der Waals surface area contributed by atoms with Crippen LogP contribution in [0.3, 0.4) is 0 Å². The highest BCUT2D eigenvalue weighted by Crippen LogP contribution is 2.22. The summed E-state index contributed by atoms with van der Waals surface area (Å²) in [6.07, 6.45) is 1.65. The number of amides is 1. The van der Waals surface area contributed by atoms with Gasteiger partial charge in [0.25, 0.3) is 5.91 Å². The molecule has 0 atom stereocenters. The molecule has 25 heavy (non-hydrogen) atoms. The van der Waals surface area contributed by atoms with Crippen molar-refractivity contribution in [3.63, 3.8) is 0 Å². The van der Waals surface area contributed by atoms with Crippen LogP contribution in [0.15, 0.2) is 47.4 Å². The smallest absolute Gasteiger partial charge is 0.261 e. The van der Waals surface area contributed by atoms with E-state index >= 15 is 0 Å². The predicted octanol–water partition coefficient (Wildman–Crippen LogP) is 4.20. The number of aryl methyl sites for hydroxylation is 4. The molecule has 0 radical (unpaired) electrons. The van der Waals surface area contributed by atoms with Gasteiger partial charge in [-0.15, -0.1) is 0 Å². The van der Waals surface area contributed by atoms with E-state index in [0.29, 0.717) is 11.9 Å². The number of nitrogens with zero attached hydrogens (tertiary/aromatic N) is 1. The number of carbonyl (C=O) groups is 1. The Hall–Kier alpha value is -2.88. The standard InChI is InChI=1S/C21H22N2O2/c1-5-23-12-17(20(24)16-8-6-7-9-18(16)23)21(25)22-19-14(3)10-13(2)11-15(19)4/h6-12H,5H2,1-4H3,(H,22,25). The SMILES string of the molecule is CCn1cc(C(=O)Nc2c(C)cc(C)cc2C)c(=O)c2ccccc21. The third kappa shape index (κ3) is 3.07. The van der Waals surface area contributed by atoms with Crippen molar-refractivity contribution in [3.05, 3.63) is 75.1 Å². The van der Waals surface area contributed by atoms with Gasteiger partial charge in [0.15, 0.2) is 0 Å². The molecule has 1 amide bonds. The number of fused-ring (bicyclic) bond motifs is 1. The Morgan fingerprint density at radius 1 is 1.08 bits per heavy atom. The molecule has 128 valence electrons. The highest BCUT2D eigenvalue weighted by Gasteiger charge is 2.16. The number of anilines is 1. The molecule has 0 saturated carbocycles. The number of benzene rings is 2. The summed E-state index contributed by atoms with van der Waals surface area (Å²) in [5.41, 5.74) is 4.66. The predicted molar refractivity (Wildman–Crippen MR) is 102 cm³/mol. The van der Waals surface area contributed by atoms with Crippen molar-refractivity contribution in [3.8, 4) is 0 Å². The Morgan fingerprint density at radius 2 is 1.72 bits per heavy atom. The molecule has 0 fully saturated rings. The van der Waals surface area contributed by atoms with Gasteiger partial charge in [0.2, 0.25) is 5.43 Å². The summed E-state index contributed by atoms with van der Waals surface area (Å²) < 4.78 is 1.93. The lowest BCUT2D eigenvalue weighted by Gasteiger charge is -2.14. The monoisotopic (exact) mass is 334 g/mol. The van der Waals surface area contributed by atoms with Crippen molar-refractivity contribution in [1.29, 1.82) is 0 Å². The summed E-state index contributed by atoms with van der Waals surface area (Å²) >= 11 is 0. The molecule has 1 N–H and O–H groups in total. The molecule has 1 heterocycles. The van der Waals surface area contributed by atoms with Crippen LogP contribution >= 0.6 is 0 Å². The van der Waals surface area contributed by atoms with Crippen molar-refractivity contribution in [2.75, 3.05) is 5.32 Å². The molecule has 0 aliphatic heterocycles. The summed E-state index contributed by atoms with van der Waals surface area (Å²) in [5.74, 6) is -0.368. The third-order valence-electron chi connectivity index (χ3n) is 4.49. The lowest BCUT2D eigenvalue weighted by Crippen LogP contribution is -2.24. The third-order valence-corrected chi connectivity index (χ3v) is 4.49. The molecule has 0 bridgehead atoms. The van der Waals surface area contributed by atoms with E-state index in [1.54, 1.807) is 12.3 Å². The average molecular weight is 334 g/mol. The molecule has 4 nitrogen and oxygen atoms in total. The van der Waals surface area contributed by atoms with Crippen molar-refractivity contribution < 1.29 is 4.79 Å². The van der Waals surface area contributed by atoms with E-state index in [4.69, 9.17) is 0 Å². The second-order valence-electron chi connectivity index (χ2n) is 6.40. The van der Waals surface area contributed by atoms with E-state index in [1.807, 2.05) is 62.6 Å². The van der Waals surface area contributed by atoms with Gasteiger partial charge in [-0.2, -0.15) is 0 Å². The number of rotatable bonds is 3. The van der Waals surface area contributed by atoms with Crippen LogP contribution < -0.4 is 10.7 Å². The van der Waals surface area contributed by atoms with E-state index in [-0.39, 0.29) is 16.9 Å². The minimum atomic E-state index is -0.368. The van der Waals surface area contributed by atoms with Crippen molar-refractivity contribution in [1.82, 2.24) is 4.57 Å². The van der Waals surface area contributed by atoms with E-state index in [1.165, 1.54) is 0 Å². The molecule has 0 spiro atoms. The van der Waals surface area contributed by atoms with Gasteiger partial charge in [-0.3, -0.25) is 9.59 Å². The molecule has 3 rings (SSSR count). The topological polar surface area (TPSA) is 51.1 Å². The fourth-order valence-corrected chi connectivity index (χ4v) is 3.33. The van der Waals surface area contributed by atoms with Crippen LogP contribution in [0.1, 0.15) is 34.0 Å². The van der Waals surface area contributed by atoms with E-state index in [2.05, 4.69) is 5.32 Å². The van der Waals surface area contributed by atoms with Crippen LogP contribution in [0.2, 0.25) is 0 Å². The Balaban J connectivity index is 2.10. The summed E-state index contributed by atoms with van der Waals surface area (Å²) in [6, 6.07) is 11.4. The fourth-order valence-electron chi connectivity index (χ4n) is 3.33. The van der Waals surface area contributed by atoms with Gasteiger partial charge >= 0.3 is 0 Å². The lowest BCUT2D eigenvalue weighted by atomic mass is 10.0. The largest absolute Gasteiger partial charge is 0.347 e. The molecule has 0 saturated heterocycles. The molecular weight excluding hydrogens is 312 g/mol. The van der Waals surface area contributed by atoms with Gasteiger partial charge in [-0.25, -0.2) is 0 Å². The van der Waals surface area contributed by atoms with Gasteiger partial charge in [0.1, 0.15) is 5.56 Å². The number of nitrogens with one attached hydrogen (secondary N) is 1. The Labute approximate surface area is 147 Å². The van der Waals surface area contributed by atoms with Gasteiger partial charge in [-0.1, -0.05) is 29.8 Å². The van der Waals surface area contributed by atoms with Crippen LogP contribution in [0.4, 0.5) is 5.69 Å². The molecular formula is C21H22N2O2. The summed E-state index contributed by atoms with van der Waals surface area (Å²) in [5, 5.41) is 3.49. The summed E-state index contributed by atoms with van der Waals surface area (Å²) in [7, 11) is 0. The van der Waals surface area contributed by atoms with Gasteiger partial charge in [0, 0.05) is 23.8 Å². The first kappa shape index (κ1) is 17.0. The minimum Gasteiger partial charge on any atom is -0.347 e. The second-order valence-corrected chi connectivity index (χ2v) is 6.40. The van der Waals surface area contributed by atoms with Gasteiger partial charge < -0.3 is 9.88 Å². The van der Waals surface area contributed by atoms with Crippen molar-refractivity contribution in [2.45, 2.75) is 34.2 Å². The van der Waals surface area contributed by atoms with E-state index in [9.17, 15) is 9.59 Å². The summed E-state index contributed by atoms with van der Waals surface area (Å²) in [6.45, 7) is 8.62. The Kier molecular flexibility index (Phi) is 4.45. The van der Waals surface area contributed by atoms with Crippen molar-refractivity contribution >= 4 is 22.5 Å². The molecule has 0 unspecified atom stereocenters. The first-order chi connectivity index (χ1) is 11.9. The Morgan fingerprint density at radius 3 is 2.36 bits per heavy atom. The zero-order valence-corrected chi connectivity index (χ0v) is 15.0. The number of pyridine rings is 1. The highest BCUT2D eigenvalue weighted by atomic mass is 16.2. The maximum atomic E-state index is 12.8. The van der Waals surface area contributed by atoms with Crippen molar-refractivity contribution in [2.24, 2.45) is 0 Å². The molecule has 3 aromatic rings. The van der Waals surface area contributed by atoms with Crippen LogP contribution in [0.25, 0.3) is 10.9 Å². The summed E-state index contributed by atoms with van der Waals surface area (Å²) in [4.78, 5) is 25.6. The molecule has 4 heteroatoms. The van der Waals surface area contributed by atoms with Gasteiger partial charge in [-0.05, 0) is 51.0 Å². The number of para-hydroxylation sites is 1. The number of hydrogen-bond acceptors (Lipinski definition) is 2. The molecule has 0 aliphatic rings. The van der Waals surface area contributed by atoms with Crippen LogP contribution in [-0.4, -0.2) is 10.5 Å². The lowest BCUT2D eigenvalue weighted by molar-refractivity contribution is 0.102. The minimum absolute atomic E-state index is 0.167. The Bertz CT molecular complexity index is 1010. The van der Waals surface area contributed by atoms with Gasteiger partial charge in [0.05, 0.1) is 5.52 Å². The molecule has 1 aromatic heterocycles. The van der Waals surface area contributed by atoms with Crippen LogP contribution in [0.5, 0.6) is 0 Å². The maximum Gasteiger partial charge on any atom is 0.261 e. The number of aromatic nitrogens is 1. The molecule has 2 aromatic carbocycles. The fraction of sp³-hybridized carbons (Fsp3) is 0.238. The van der Waals surface area contributed by atoms with Crippen LogP contribution in [-0.2, 0) is 6.54 Å². The first-order valence-corrected chi connectivity index (χ1v) is 8.43. The van der Waals surface area contributed by atoms with E-state index in [0.717, 1.165) is 27.9 Å². The molecule has 0 aliphatic carbocycles. The zero-order chi connectivity index (χ0) is 18.1. The highest BCUT2D eigenvalue weighted by molar-refractivity contribution is 6.06. The van der Waals surface area contributed by atoms with Crippen LogP contribution in [0, 0.1) is 20.8 Å². The second kappa shape index (κ2) is 6.55. The van der Waals surface area contributed by atoms with E-state index < -0.39 is 0 Å². The number of hydrogen-bond donors (Lipinski definition) is 1.